The van der Waals surface area contributed by atoms with Crippen molar-refractivity contribution in [2.45, 2.75) is 13.8 Å². The van der Waals surface area contributed by atoms with Gasteiger partial charge in [-0.25, -0.2) is 5.43 Å². The van der Waals surface area contributed by atoms with E-state index in [9.17, 15) is 20.0 Å². The van der Waals surface area contributed by atoms with E-state index in [1.807, 2.05) is 6.07 Å². The number of methoxy groups -OCH3 is 1. The number of amides is 1. The Morgan fingerprint density at radius 2 is 2.09 bits per heavy atom. The van der Waals surface area contributed by atoms with Crippen LogP contribution in [0.2, 0.25) is 5.02 Å². The predicted octanol–water partition coefficient (Wildman–Crippen LogP) is 2.85. The van der Waals surface area contributed by atoms with Crippen molar-refractivity contribution >= 4 is 23.7 Å². The molecule has 3 rings (SSSR count). The molecule has 0 fully saturated rings. The first-order chi connectivity index (χ1) is 15.3. The summed E-state index contributed by atoms with van der Waals surface area (Å²) >= 11 is 6.15. The Bertz CT molecular complexity index is 1340. The second-order valence-electron chi connectivity index (χ2n) is 6.71. The lowest BCUT2D eigenvalue weighted by Crippen LogP contribution is -2.31. The summed E-state index contributed by atoms with van der Waals surface area (Å²) in [6.45, 7) is 3.25. The summed E-state index contributed by atoms with van der Waals surface area (Å²) in [6.07, 6.45) is 1.23. The Morgan fingerprint density at radius 3 is 2.75 bits per heavy atom. The smallest absolute Gasteiger partial charge is 0.292 e. The molecular weight excluding hydrogens is 434 g/mol. The highest BCUT2D eigenvalue weighted by molar-refractivity contribution is 6.31. The number of nitrogens with one attached hydrogen (secondary N) is 1. The van der Waals surface area contributed by atoms with E-state index in [-0.39, 0.29) is 28.3 Å². The fourth-order valence-corrected chi connectivity index (χ4v) is 3.04. The Hall–Kier alpha value is -4.16. The van der Waals surface area contributed by atoms with Crippen molar-refractivity contribution < 1.29 is 14.6 Å². The molecule has 2 N–H and O–H groups in total. The highest BCUT2D eigenvalue weighted by atomic mass is 35.5. The third-order valence-corrected chi connectivity index (χ3v) is 5.09. The normalized spacial score (nSPS) is 10.7. The molecule has 0 aliphatic heterocycles. The number of carbonyl (C=O) groups excluding carboxylic acids is 1. The van der Waals surface area contributed by atoms with Crippen molar-refractivity contribution in [2.24, 2.45) is 5.10 Å². The van der Waals surface area contributed by atoms with Crippen LogP contribution >= 0.6 is 11.6 Å². The minimum absolute atomic E-state index is 0.115. The summed E-state index contributed by atoms with van der Waals surface area (Å²) in [6, 6.07) is 11.4. The van der Waals surface area contributed by atoms with Gasteiger partial charge in [-0.2, -0.15) is 20.1 Å². The Kier molecular flexibility index (Phi) is 6.56. The summed E-state index contributed by atoms with van der Waals surface area (Å²) in [5, 5.41) is 27.9. The van der Waals surface area contributed by atoms with Crippen LogP contribution in [-0.4, -0.2) is 34.1 Å². The molecule has 0 unspecified atom stereocenters. The zero-order valence-corrected chi connectivity index (χ0v) is 18.1. The maximum atomic E-state index is 12.7. The molecule has 9 nitrogen and oxygen atoms in total. The van der Waals surface area contributed by atoms with E-state index in [0.29, 0.717) is 16.3 Å². The van der Waals surface area contributed by atoms with Gasteiger partial charge in [-0.3, -0.25) is 9.59 Å². The van der Waals surface area contributed by atoms with Crippen molar-refractivity contribution in [3.05, 3.63) is 79.7 Å². The van der Waals surface area contributed by atoms with Crippen LogP contribution in [-0.2, 0) is 0 Å². The third-order valence-electron chi connectivity index (χ3n) is 4.68. The molecule has 1 aromatic heterocycles. The van der Waals surface area contributed by atoms with E-state index in [0.717, 1.165) is 10.2 Å². The van der Waals surface area contributed by atoms with Gasteiger partial charge in [0.25, 0.3) is 11.5 Å². The predicted molar refractivity (Wildman–Crippen MR) is 119 cm³/mol. The molecule has 0 spiro atoms. The number of rotatable bonds is 5. The fourth-order valence-electron chi connectivity index (χ4n) is 2.86. The first-order valence-corrected chi connectivity index (χ1v) is 9.66. The van der Waals surface area contributed by atoms with Crippen LogP contribution in [0, 0.1) is 25.2 Å². The molecular formula is C22H18ClN5O4. The number of aromatic hydroxyl groups is 1. The molecule has 1 heterocycles. The lowest BCUT2D eigenvalue weighted by molar-refractivity contribution is 0.0947. The molecule has 162 valence electrons. The van der Waals surface area contributed by atoms with Crippen LogP contribution in [0.4, 0.5) is 0 Å². The number of nitrogens with zero attached hydrogens (tertiary/aromatic N) is 4. The van der Waals surface area contributed by atoms with E-state index >= 15 is 0 Å². The average Bonchev–Trinajstić information content (AvgIpc) is 2.77. The van der Waals surface area contributed by atoms with E-state index < -0.39 is 11.5 Å². The Morgan fingerprint density at radius 1 is 1.34 bits per heavy atom. The molecule has 3 aromatic rings. The van der Waals surface area contributed by atoms with Gasteiger partial charge < -0.3 is 9.84 Å². The second-order valence-corrected chi connectivity index (χ2v) is 7.12. The van der Waals surface area contributed by atoms with E-state index in [1.165, 1.54) is 26.3 Å². The topological polar surface area (TPSA) is 130 Å². The van der Waals surface area contributed by atoms with Crippen LogP contribution in [0.3, 0.4) is 0 Å². The lowest BCUT2D eigenvalue weighted by atomic mass is 10.1. The first kappa shape index (κ1) is 22.5. The lowest BCUT2D eigenvalue weighted by Gasteiger charge is -2.11. The van der Waals surface area contributed by atoms with Gasteiger partial charge >= 0.3 is 0 Å². The van der Waals surface area contributed by atoms with Gasteiger partial charge in [0.1, 0.15) is 11.6 Å². The SMILES string of the molecule is COc1cccc(C=NNC(=O)c2nn(-c3ccc(C)c(Cl)c3)c(=O)c(C#N)c2C)c1O. The molecule has 0 aliphatic carbocycles. The number of aromatic nitrogens is 2. The zero-order chi connectivity index (χ0) is 23.4. The maximum absolute atomic E-state index is 12.7. The quantitative estimate of drug-likeness (QED) is 0.453. The van der Waals surface area contributed by atoms with Crippen LogP contribution in [0.25, 0.3) is 5.69 Å². The number of nitriles is 1. The molecule has 0 saturated carbocycles. The number of phenols is 1. The van der Waals surface area contributed by atoms with Crippen molar-refractivity contribution in [3.8, 4) is 23.3 Å². The number of hydrogen-bond acceptors (Lipinski definition) is 7. The first-order valence-electron chi connectivity index (χ1n) is 9.28. The maximum Gasteiger partial charge on any atom is 0.292 e. The van der Waals surface area contributed by atoms with Gasteiger partial charge in [-0.05, 0) is 43.7 Å². The van der Waals surface area contributed by atoms with Crippen molar-refractivity contribution in [2.75, 3.05) is 7.11 Å². The van der Waals surface area contributed by atoms with E-state index in [2.05, 4.69) is 15.6 Å². The number of hydrazone groups is 1. The molecule has 0 atom stereocenters. The Balaban J connectivity index is 1.98. The molecule has 1 amide bonds. The van der Waals surface area contributed by atoms with Crippen LogP contribution in [0.1, 0.15) is 32.7 Å². The highest BCUT2D eigenvalue weighted by Crippen LogP contribution is 2.28. The minimum atomic E-state index is -0.746. The average molecular weight is 452 g/mol. The van der Waals surface area contributed by atoms with E-state index in [4.69, 9.17) is 16.3 Å². The fraction of sp³-hybridized carbons (Fsp3) is 0.136. The highest BCUT2D eigenvalue weighted by Gasteiger charge is 2.20. The van der Waals surface area contributed by atoms with E-state index in [1.54, 1.807) is 37.3 Å². The van der Waals surface area contributed by atoms with Gasteiger partial charge in [0.05, 0.1) is 19.0 Å². The van der Waals surface area contributed by atoms with Gasteiger partial charge in [-0.1, -0.05) is 23.7 Å². The minimum Gasteiger partial charge on any atom is -0.504 e. The molecule has 0 radical (unpaired) electrons. The standard InChI is InChI=1S/C22H18ClN5O4/c1-12-7-8-15(9-17(12)23)28-22(31)16(10-24)13(2)19(27-28)21(30)26-25-11-14-5-4-6-18(32-3)20(14)29/h4-9,11,29H,1-3H3,(H,26,30). The second kappa shape index (κ2) is 9.32. The number of carbonyl (C=O) groups is 1. The van der Waals surface area contributed by atoms with Gasteiger partial charge in [0.2, 0.25) is 0 Å². The molecule has 32 heavy (non-hydrogen) atoms. The number of phenolic OH excluding ortho intramolecular Hbond substituents is 1. The molecule has 2 aromatic carbocycles. The Labute approximate surface area is 188 Å². The number of para-hydroxylation sites is 1. The third kappa shape index (κ3) is 4.31. The van der Waals surface area contributed by atoms with Crippen LogP contribution in [0.5, 0.6) is 11.5 Å². The van der Waals surface area contributed by atoms with Gasteiger partial charge in [0.15, 0.2) is 17.2 Å². The van der Waals surface area contributed by atoms with Crippen molar-refractivity contribution in [1.82, 2.24) is 15.2 Å². The summed E-state index contributed by atoms with van der Waals surface area (Å²) in [5.41, 5.74) is 2.75. The van der Waals surface area contributed by atoms with Gasteiger partial charge in [0, 0.05) is 16.1 Å². The summed E-state index contributed by atoms with van der Waals surface area (Å²) in [4.78, 5) is 25.4. The number of halogens is 1. The number of benzene rings is 2. The van der Waals surface area contributed by atoms with Crippen LogP contribution < -0.4 is 15.7 Å². The molecule has 0 aliphatic rings. The monoisotopic (exact) mass is 451 g/mol. The number of ether oxygens (including phenoxy) is 1. The molecule has 10 heteroatoms. The summed E-state index contributed by atoms with van der Waals surface area (Å²) < 4.78 is 5.97. The van der Waals surface area contributed by atoms with Crippen molar-refractivity contribution in [1.29, 1.82) is 5.26 Å². The number of hydrogen-bond donors (Lipinski definition) is 2. The molecule has 0 bridgehead atoms. The van der Waals surface area contributed by atoms with Crippen molar-refractivity contribution in [3.63, 3.8) is 0 Å². The van der Waals surface area contributed by atoms with Gasteiger partial charge in [-0.15, -0.1) is 0 Å². The zero-order valence-electron chi connectivity index (χ0n) is 17.4. The summed E-state index contributed by atoms with van der Waals surface area (Å²) in [7, 11) is 1.41. The van der Waals surface area contributed by atoms with Crippen LogP contribution in [0.15, 0.2) is 46.3 Å². The molecule has 0 saturated heterocycles. The number of aryl methyl sites for hydroxylation is 1. The largest absolute Gasteiger partial charge is 0.504 e. The summed E-state index contributed by atoms with van der Waals surface area (Å²) in [5.74, 6) is -0.635.